The molecular formula is C15H15IO3S. The maximum atomic E-state index is 11.5. The highest BCUT2D eigenvalue weighted by Crippen LogP contribution is 2.28. The number of aliphatic hydroxyl groups excluding tert-OH is 1. The molecule has 2 rings (SSSR count). The molecule has 0 spiro atoms. The molecular weight excluding hydrogens is 387 g/mol. The fourth-order valence-electron chi connectivity index (χ4n) is 1.89. The summed E-state index contributed by atoms with van der Waals surface area (Å²) in [4.78, 5) is 0. The largest absolute Gasteiger partial charge is 0.386 e. The summed E-state index contributed by atoms with van der Waals surface area (Å²) >= 11 is 1.76. The number of halogens is 1. The molecule has 0 saturated carbocycles. The van der Waals surface area contributed by atoms with E-state index in [-0.39, 0.29) is 0 Å². The van der Waals surface area contributed by atoms with Crippen LogP contribution in [-0.4, -0.2) is 23.0 Å². The number of benzene rings is 2. The van der Waals surface area contributed by atoms with E-state index >= 15 is 0 Å². The van der Waals surface area contributed by atoms with Crippen LogP contribution in [0.1, 0.15) is 11.7 Å². The number of rotatable bonds is 4. The highest BCUT2D eigenvalue weighted by molar-refractivity contribution is 14.1. The number of hydrogen-bond donors (Lipinski definition) is 1. The van der Waals surface area contributed by atoms with Gasteiger partial charge in [-0.05, 0) is 16.7 Å². The van der Waals surface area contributed by atoms with Crippen LogP contribution < -0.4 is 0 Å². The lowest BCUT2D eigenvalue weighted by Gasteiger charge is -2.16. The number of sulfone groups is 1. The maximum Gasteiger partial charge on any atom is 0.162 e. The Hall–Kier alpha value is -0.920. The normalized spacial score (nSPS) is 14.8. The molecule has 0 aliphatic rings. The van der Waals surface area contributed by atoms with Gasteiger partial charge in [-0.3, -0.25) is 0 Å². The van der Waals surface area contributed by atoms with Gasteiger partial charge in [0.15, 0.2) is 9.84 Å². The monoisotopic (exact) mass is 402 g/mol. The minimum absolute atomic E-state index is 0.606. The SMILES string of the molecule is CS(=O)(=O)[C@H](I)[C@H](O)c1ccc(-c2ccccc2)cc1. The van der Waals surface area contributed by atoms with Crippen molar-refractivity contribution in [3.8, 4) is 11.1 Å². The van der Waals surface area contributed by atoms with E-state index in [0.717, 1.165) is 17.4 Å². The smallest absolute Gasteiger partial charge is 0.162 e. The van der Waals surface area contributed by atoms with E-state index < -0.39 is 19.2 Å². The van der Waals surface area contributed by atoms with Crippen LogP contribution in [0.4, 0.5) is 0 Å². The first kappa shape index (κ1) is 15.5. The van der Waals surface area contributed by atoms with Crippen molar-refractivity contribution >= 4 is 32.4 Å². The predicted molar refractivity (Wildman–Crippen MR) is 89.5 cm³/mol. The molecule has 0 aliphatic heterocycles. The second-order valence-electron chi connectivity index (χ2n) is 4.61. The van der Waals surface area contributed by atoms with Crippen LogP contribution in [0.25, 0.3) is 11.1 Å². The van der Waals surface area contributed by atoms with Crippen LogP contribution in [0.5, 0.6) is 0 Å². The summed E-state index contributed by atoms with van der Waals surface area (Å²) < 4.78 is 22.1. The second kappa shape index (κ2) is 6.24. The highest BCUT2D eigenvalue weighted by atomic mass is 127. The van der Waals surface area contributed by atoms with Gasteiger partial charge in [0.1, 0.15) is 9.36 Å². The quantitative estimate of drug-likeness (QED) is 0.632. The van der Waals surface area contributed by atoms with Crippen molar-refractivity contribution in [2.75, 3.05) is 6.26 Å². The molecule has 0 fully saturated rings. The standard InChI is InChI=1S/C15H15IO3S/c1-20(18,19)15(16)14(17)13-9-7-12(8-10-13)11-5-3-2-4-6-11/h2-10,14-15,17H,1H3/t14-,15+/m1/s1. The summed E-state index contributed by atoms with van der Waals surface area (Å²) in [5.74, 6) is 0. The third-order valence-electron chi connectivity index (χ3n) is 3.02. The average Bonchev–Trinajstić information content (AvgIpc) is 2.46. The van der Waals surface area contributed by atoms with Crippen LogP contribution in [0, 0.1) is 0 Å². The average molecular weight is 402 g/mol. The van der Waals surface area contributed by atoms with E-state index in [4.69, 9.17) is 0 Å². The van der Waals surface area contributed by atoms with Gasteiger partial charge in [-0.1, -0.05) is 77.2 Å². The van der Waals surface area contributed by atoms with Crippen molar-refractivity contribution in [3.63, 3.8) is 0 Å². The lowest BCUT2D eigenvalue weighted by molar-refractivity contribution is 0.197. The summed E-state index contributed by atoms with van der Waals surface area (Å²) in [6, 6.07) is 17.2. The zero-order chi connectivity index (χ0) is 14.8. The molecule has 5 heteroatoms. The fraction of sp³-hybridized carbons (Fsp3) is 0.200. The molecule has 2 aromatic rings. The van der Waals surface area contributed by atoms with Gasteiger partial charge in [-0.15, -0.1) is 0 Å². The fourth-order valence-corrected chi connectivity index (χ4v) is 2.93. The Bertz CT molecular complexity index is 666. The van der Waals surface area contributed by atoms with E-state index in [1.54, 1.807) is 34.7 Å². The Morgan fingerprint density at radius 2 is 1.45 bits per heavy atom. The Morgan fingerprint density at radius 3 is 1.95 bits per heavy atom. The first-order chi connectivity index (χ1) is 9.39. The van der Waals surface area contributed by atoms with Gasteiger partial charge in [0.25, 0.3) is 0 Å². The lowest BCUT2D eigenvalue weighted by atomic mass is 10.0. The lowest BCUT2D eigenvalue weighted by Crippen LogP contribution is -2.21. The Morgan fingerprint density at radius 1 is 0.950 bits per heavy atom. The zero-order valence-electron chi connectivity index (χ0n) is 10.9. The summed E-state index contributed by atoms with van der Waals surface area (Å²) in [5.41, 5.74) is 2.73. The molecule has 0 aromatic heterocycles. The van der Waals surface area contributed by atoms with Crippen LogP contribution in [0.15, 0.2) is 54.6 Å². The molecule has 3 nitrogen and oxygen atoms in total. The van der Waals surface area contributed by atoms with Gasteiger partial charge in [0.2, 0.25) is 0 Å². The van der Waals surface area contributed by atoms with Gasteiger partial charge >= 0.3 is 0 Å². The van der Waals surface area contributed by atoms with E-state index in [0.29, 0.717) is 5.56 Å². The maximum absolute atomic E-state index is 11.5. The molecule has 20 heavy (non-hydrogen) atoms. The molecule has 1 N–H and O–H groups in total. The van der Waals surface area contributed by atoms with Gasteiger partial charge in [0, 0.05) is 6.26 Å². The first-order valence-corrected chi connectivity index (χ1v) is 9.26. The van der Waals surface area contributed by atoms with Gasteiger partial charge in [-0.2, -0.15) is 0 Å². The zero-order valence-corrected chi connectivity index (χ0v) is 13.9. The molecule has 0 heterocycles. The Balaban J connectivity index is 2.25. The van der Waals surface area contributed by atoms with Crippen molar-refractivity contribution in [1.82, 2.24) is 0 Å². The third-order valence-corrected chi connectivity index (χ3v) is 7.54. The van der Waals surface area contributed by atoms with Crippen LogP contribution in [-0.2, 0) is 9.84 Å². The van der Waals surface area contributed by atoms with Crippen molar-refractivity contribution in [1.29, 1.82) is 0 Å². The Labute approximate surface area is 132 Å². The van der Waals surface area contributed by atoms with E-state index in [1.807, 2.05) is 42.5 Å². The molecule has 106 valence electrons. The number of alkyl halides is 1. The van der Waals surface area contributed by atoms with Crippen molar-refractivity contribution in [3.05, 3.63) is 60.2 Å². The number of aliphatic hydroxyl groups is 1. The number of hydrogen-bond acceptors (Lipinski definition) is 3. The molecule has 0 saturated heterocycles. The third kappa shape index (κ3) is 3.59. The molecule has 0 amide bonds. The van der Waals surface area contributed by atoms with E-state index in [1.165, 1.54) is 0 Å². The molecule has 2 atom stereocenters. The highest BCUT2D eigenvalue weighted by Gasteiger charge is 2.27. The summed E-state index contributed by atoms with van der Waals surface area (Å²) in [5, 5.41) is 10.1. The molecule has 0 bridgehead atoms. The Kier molecular flexibility index (Phi) is 4.82. The summed E-state index contributed by atoms with van der Waals surface area (Å²) in [7, 11) is -3.28. The van der Waals surface area contributed by atoms with E-state index in [2.05, 4.69) is 0 Å². The van der Waals surface area contributed by atoms with Crippen LogP contribution in [0.3, 0.4) is 0 Å². The molecule has 2 aromatic carbocycles. The minimum atomic E-state index is -3.28. The molecule has 0 aliphatic carbocycles. The van der Waals surface area contributed by atoms with Crippen LogP contribution >= 0.6 is 22.6 Å². The topological polar surface area (TPSA) is 54.4 Å². The van der Waals surface area contributed by atoms with Gasteiger partial charge < -0.3 is 5.11 Å². The van der Waals surface area contributed by atoms with Gasteiger partial charge in [0.05, 0.1) is 0 Å². The minimum Gasteiger partial charge on any atom is -0.386 e. The van der Waals surface area contributed by atoms with Crippen molar-refractivity contribution in [2.45, 2.75) is 9.36 Å². The predicted octanol–water partition coefficient (Wildman–Crippen LogP) is 3.19. The molecule has 0 unspecified atom stereocenters. The van der Waals surface area contributed by atoms with E-state index in [9.17, 15) is 13.5 Å². The summed E-state index contributed by atoms with van der Waals surface area (Å²) in [6.45, 7) is 0. The van der Waals surface area contributed by atoms with Gasteiger partial charge in [-0.25, -0.2) is 8.42 Å². The summed E-state index contributed by atoms with van der Waals surface area (Å²) in [6.07, 6.45) is 0.112. The molecule has 0 radical (unpaired) electrons. The second-order valence-corrected chi connectivity index (χ2v) is 8.97. The van der Waals surface area contributed by atoms with Crippen LogP contribution in [0.2, 0.25) is 0 Å². The van der Waals surface area contributed by atoms with Crippen molar-refractivity contribution in [2.24, 2.45) is 0 Å². The van der Waals surface area contributed by atoms with Crippen molar-refractivity contribution < 1.29 is 13.5 Å². The first-order valence-electron chi connectivity index (χ1n) is 6.06.